The fourth-order valence-electron chi connectivity index (χ4n) is 2.09. The van der Waals surface area contributed by atoms with Gasteiger partial charge in [0.2, 0.25) is 12.7 Å². The van der Waals surface area contributed by atoms with Crippen molar-refractivity contribution in [3.8, 4) is 11.5 Å². The molecule has 1 aliphatic rings. The minimum Gasteiger partial charge on any atom is -0.454 e. The summed E-state index contributed by atoms with van der Waals surface area (Å²) in [4.78, 5) is 27.5. The lowest BCUT2D eigenvalue weighted by Crippen LogP contribution is -2.27. The Balaban J connectivity index is 1.46. The van der Waals surface area contributed by atoms with Gasteiger partial charge in [-0.15, -0.1) is 0 Å². The van der Waals surface area contributed by atoms with E-state index in [9.17, 15) is 9.59 Å². The molecule has 0 aliphatic carbocycles. The Morgan fingerprint density at radius 3 is 2.70 bits per heavy atom. The number of ether oxygens (including phenoxy) is 2. The van der Waals surface area contributed by atoms with Gasteiger partial charge in [-0.25, -0.2) is 0 Å². The van der Waals surface area contributed by atoms with Crippen molar-refractivity contribution in [2.75, 3.05) is 18.7 Å². The second-order valence-electron chi connectivity index (χ2n) is 4.86. The van der Waals surface area contributed by atoms with E-state index in [1.807, 2.05) is 0 Å². The van der Waals surface area contributed by atoms with Crippen LogP contribution in [0.1, 0.15) is 16.8 Å². The highest BCUT2D eigenvalue weighted by atomic mass is 16.7. The quantitative estimate of drug-likeness (QED) is 0.874. The fourth-order valence-corrected chi connectivity index (χ4v) is 2.09. The summed E-state index contributed by atoms with van der Waals surface area (Å²) in [7, 11) is 0. The van der Waals surface area contributed by atoms with Crippen LogP contribution >= 0.6 is 0 Å². The Kier molecular flexibility index (Phi) is 4.37. The highest BCUT2D eigenvalue weighted by Gasteiger charge is 2.14. The summed E-state index contributed by atoms with van der Waals surface area (Å²) in [6.45, 7) is 0.436. The van der Waals surface area contributed by atoms with Gasteiger partial charge in [-0.2, -0.15) is 0 Å². The maximum absolute atomic E-state index is 11.9. The highest BCUT2D eigenvalue weighted by molar-refractivity contribution is 5.95. The minimum absolute atomic E-state index is 0.172. The molecule has 2 aromatic rings. The topological polar surface area (TPSA) is 89.6 Å². The van der Waals surface area contributed by atoms with Crippen LogP contribution in [0.25, 0.3) is 0 Å². The molecule has 0 saturated carbocycles. The molecule has 0 radical (unpaired) electrons. The molecule has 3 rings (SSSR count). The summed E-state index contributed by atoms with van der Waals surface area (Å²) in [5, 5.41) is 5.43. The maximum Gasteiger partial charge on any atom is 0.251 e. The molecule has 1 aliphatic heterocycles. The molecule has 23 heavy (non-hydrogen) atoms. The molecule has 0 saturated heterocycles. The number of hydrogen-bond donors (Lipinski definition) is 2. The molecule has 0 spiro atoms. The largest absolute Gasteiger partial charge is 0.454 e. The standard InChI is InChI=1S/C16H15N3O4/c20-15(5-8-18-16(21)11-3-6-17-7-4-11)19-12-1-2-13-14(9-12)23-10-22-13/h1-4,6-7,9H,5,8,10H2,(H,18,21)(H,19,20). The van der Waals surface area contributed by atoms with Crippen molar-refractivity contribution in [3.05, 3.63) is 48.3 Å². The molecular weight excluding hydrogens is 298 g/mol. The molecule has 1 aromatic heterocycles. The minimum atomic E-state index is -0.233. The Bertz CT molecular complexity index is 719. The Labute approximate surface area is 132 Å². The summed E-state index contributed by atoms with van der Waals surface area (Å²) in [5.41, 5.74) is 1.14. The van der Waals surface area contributed by atoms with Crippen LogP contribution in [0.4, 0.5) is 5.69 Å². The molecule has 1 aromatic carbocycles. The van der Waals surface area contributed by atoms with E-state index in [1.165, 1.54) is 0 Å². The molecule has 0 bridgehead atoms. The zero-order chi connectivity index (χ0) is 16.1. The van der Waals surface area contributed by atoms with Gasteiger partial charge in [-0.1, -0.05) is 0 Å². The van der Waals surface area contributed by atoms with E-state index in [1.54, 1.807) is 42.7 Å². The summed E-state index contributed by atoms with van der Waals surface area (Å²) in [5.74, 6) is 0.837. The molecule has 7 heteroatoms. The number of rotatable bonds is 5. The summed E-state index contributed by atoms with van der Waals surface area (Å²) >= 11 is 0. The van der Waals surface area contributed by atoms with Crippen molar-refractivity contribution < 1.29 is 19.1 Å². The Morgan fingerprint density at radius 1 is 1.09 bits per heavy atom. The zero-order valence-corrected chi connectivity index (χ0v) is 12.2. The molecule has 2 N–H and O–H groups in total. The van der Waals surface area contributed by atoms with Crippen LogP contribution in [-0.2, 0) is 4.79 Å². The van der Waals surface area contributed by atoms with Crippen molar-refractivity contribution in [2.45, 2.75) is 6.42 Å². The SMILES string of the molecule is O=C(CCNC(=O)c1ccncc1)Nc1ccc2c(c1)OCO2. The van der Waals surface area contributed by atoms with Crippen molar-refractivity contribution >= 4 is 17.5 Å². The highest BCUT2D eigenvalue weighted by Crippen LogP contribution is 2.34. The van der Waals surface area contributed by atoms with Crippen LogP contribution in [0.3, 0.4) is 0 Å². The molecular formula is C16H15N3O4. The number of nitrogens with zero attached hydrogens (tertiary/aromatic N) is 1. The van der Waals surface area contributed by atoms with Gasteiger partial charge in [0.05, 0.1) is 0 Å². The van der Waals surface area contributed by atoms with Crippen molar-refractivity contribution in [1.29, 1.82) is 0 Å². The second-order valence-corrected chi connectivity index (χ2v) is 4.86. The van der Waals surface area contributed by atoms with Gasteiger partial charge in [0.1, 0.15) is 0 Å². The molecule has 7 nitrogen and oxygen atoms in total. The average Bonchev–Trinajstić information content (AvgIpc) is 3.03. The van der Waals surface area contributed by atoms with E-state index in [2.05, 4.69) is 15.6 Å². The van der Waals surface area contributed by atoms with Gasteiger partial charge in [0, 0.05) is 42.7 Å². The lowest BCUT2D eigenvalue weighted by molar-refractivity contribution is -0.116. The number of hydrogen-bond acceptors (Lipinski definition) is 5. The first kappa shape index (κ1) is 14.8. The van der Waals surface area contributed by atoms with Crippen molar-refractivity contribution in [1.82, 2.24) is 10.3 Å². The number of benzene rings is 1. The number of amides is 2. The first-order chi connectivity index (χ1) is 11.2. The van der Waals surface area contributed by atoms with Gasteiger partial charge in [0.25, 0.3) is 5.91 Å². The third kappa shape index (κ3) is 3.76. The third-order valence-electron chi connectivity index (χ3n) is 3.24. The van der Waals surface area contributed by atoms with Crippen LogP contribution < -0.4 is 20.1 Å². The predicted octanol–water partition coefficient (Wildman–Crippen LogP) is 1.57. The lowest BCUT2D eigenvalue weighted by atomic mass is 10.2. The van der Waals surface area contributed by atoms with E-state index in [-0.39, 0.29) is 31.6 Å². The first-order valence-corrected chi connectivity index (χ1v) is 7.10. The molecule has 2 heterocycles. The summed E-state index contributed by atoms with van der Waals surface area (Å²) in [6, 6.07) is 8.41. The zero-order valence-electron chi connectivity index (χ0n) is 12.2. The number of aromatic nitrogens is 1. The van der Waals surface area contributed by atoms with E-state index in [4.69, 9.17) is 9.47 Å². The number of fused-ring (bicyclic) bond motifs is 1. The summed E-state index contributed by atoms with van der Waals surface area (Å²) < 4.78 is 10.5. The predicted molar refractivity (Wildman–Crippen MR) is 82.4 cm³/mol. The van der Waals surface area contributed by atoms with Crippen LogP contribution in [0, 0.1) is 0 Å². The lowest BCUT2D eigenvalue weighted by Gasteiger charge is -2.07. The Morgan fingerprint density at radius 2 is 1.87 bits per heavy atom. The average molecular weight is 313 g/mol. The molecule has 0 fully saturated rings. The van der Waals surface area contributed by atoms with E-state index in [0.717, 1.165) is 0 Å². The van der Waals surface area contributed by atoms with Gasteiger partial charge >= 0.3 is 0 Å². The molecule has 0 atom stereocenters. The smallest absolute Gasteiger partial charge is 0.251 e. The summed E-state index contributed by atoms with van der Waals surface area (Å²) in [6.07, 6.45) is 3.26. The van der Waals surface area contributed by atoms with Crippen LogP contribution in [0.5, 0.6) is 11.5 Å². The number of nitrogens with one attached hydrogen (secondary N) is 2. The van der Waals surface area contributed by atoms with Gasteiger partial charge in [-0.3, -0.25) is 14.6 Å². The van der Waals surface area contributed by atoms with Crippen LogP contribution in [0.2, 0.25) is 0 Å². The fraction of sp³-hybridized carbons (Fsp3) is 0.188. The van der Waals surface area contributed by atoms with E-state index in [0.29, 0.717) is 22.7 Å². The maximum atomic E-state index is 11.9. The number of carbonyl (C=O) groups is 2. The third-order valence-corrected chi connectivity index (χ3v) is 3.24. The van der Waals surface area contributed by atoms with Crippen molar-refractivity contribution in [3.63, 3.8) is 0 Å². The number of carbonyl (C=O) groups excluding carboxylic acids is 2. The number of anilines is 1. The second kappa shape index (κ2) is 6.78. The number of pyridine rings is 1. The van der Waals surface area contributed by atoms with E-state index < -0.39 is 0 Å². The monoisotopic (exact) mass is 313 g/mol. The van der Waals surface area contributed by atoms with Gasteiger partial charge < -0.3 is 20.1 Å². The Hall–Kier alpha value is -3.09. The first-order valence-electron chi connectivity index (χ1n) is 7.10. The normalized spacial score (nSPS) is 11.8. The molecule has 118 valence electrons. The van der Waals surface area contributed by atoms with Crippen LogP contribution in [0.15, 0.2) is 42.7 Å². The van der Waals surface area contributed by atoms with Gasteiger partial charge in [-0.05, 0) is 24.3 Å². The molecule has 0 unspecified atom stereocenters. The molecule has 2 amide bonds. The van der Waals surface area contributed by atoms with Gasteiger partial charge in [0.15, 0.2) is 11.5 Å². The van der Waals surface area contributed by atoms with E-state index >= 15 is 0 Å². The van der Waals surface area contributed by atoms with Crippen molar-refractivity contribution in [2.24, 2.45) is 0 Å². The van der Waals surface area contributed by atoms with Crippen LogP contribution in [-0.4, -0.2) is 30.1 Å².